The lowest BCUT2D eigenvalue weighted by molar-refractivity contribution is -0.192. The van der Waals surface area contributed by atoms with Crippen molar-refractivity contribution < 1.29 is 36.3 Å². The van der Waals surface area contributed by atoms with Crippen LogP contribution in [-0.2, 0) is 14.8 Å². The first-order chi connectivity index (χ1) is 14.8. The third-order valence-electron chi connectivity index (χ3n) is 5.76. The zero-order valence-electron chi connectivity index (χ0n) is 17.3. The Hall–Kier alpha value is -2.67. The Kier molecular flexibility index (Phi) is 6.52. The molecule has 2 aliphatic heterocycles. The van der Waals surface area contributed by atoms with Crippen molar-refractivity contribution in [1.29, 1.82) is 0 Å². The van der Waals surface area contributed by atoms with E-state index in [0.29, 0.717) is 23.0 Å². The monoisotopic (exact) mass is 476 g/mol. The summed E-state index contributed by atoms with van der Waals surface area (Å²) in [6.07, 6.45) is 0.230. The molecule has 0 aliphatic carbocycles. The van der Waals surface area contributed by atoms with Crippen LogP contribution in [-0.4, -0.2) is 77.1 Å². The van der Waals surface area contributed by atoms with Crippen molar-refractivity contribution in [3.8, 4) is 0 Å². The summed E-state index contributed by atoms with van der Waals surface area (Å²) in [5.74, 6) is -3.06. The summed E-state index contributed by atoms with van der Waals surface area (Å²) in [6, 6.07) is 8.07. The van der Waals surface area contributed by atoms with E-state index in [0.717, 1.165) is 23.2 Å². The van der Waals surface area contributed by atoms with Crippen LogP contribution in [0.5, 0.6) is 0 Å². The van der Waals surface area contributed by atoms with E-state index < -0.39 is 22.2 Å². The number of fused-ring (bicyclic) bond motifs is 3. The van der Waals surface area contributed by atoms with Crippen molar-refractivity contribution in [2.24, 2.45) is 0 Å². The molecule has 176 valence electrons. The highest BCUT2D eigenvalue weighted by atomic mass is 32.2. The molecule has 3 atom stereocenters. The molecule has 32 heavy (non-hydrogen) atoms. The van der Waals surface area contributed by atoms with Crippen LogP contribution in [0.25, 0.3) is 10.9 Å². The summed E-state index contributed by atoms with van der Waals surface area (Å²) in [4.78, 5) is 24.1. The summed E-state index contributed by atoms with van der Waals surface area (Å²) in [5, 5.41) is 14.9. The van der Waals surface area contributed by atoms with Crippen LogP contribution in [0.3, 0.4) is 0 Å². The Morgan fingerprint density at radius 1 is 1.16 bits per heavy atom. The van der Waals surface area contributed by atoms with E-state index in [-0.39, 0.29) is 17.6 Å². The van der Waals surface area contributed by atoms with E-state index in [1.54, 1.807) is 24.3 Å². The zero-order valence-corrected chi connectivity index (χ0v) is 18.2. The number of carbonyl (C=O) groups is 2. The number of hydrogen-bond acceptors (Lipinski definition) is 6. The Morgan fingerprint density at radius 3 is 2.19 bits per heavy atom. The molecule has 0 spiro atoms. The van der Waals surface area contributed by atoms with Crippen LogP contribution in [0.1, 0.15) is 36.2 Å². The first kappa shape index (κ1) is 24.0. The molecule has 2 aliphatic rings. The number of halogens is 3. The molecule has 2 bridgehead atoms. The predicted octanol–water partition coefficient (Wildman–Crippen LogP) is 1.83. The van der Waals surface area contributed by atoms with E-state index in [9.17, 15) is 26.4 Å². The van der Waals surface area contributed by atoms with Gasteiger partial charge in [0.05, 0.1) is 11.8 Å². The molecule has 2 fully saturated rings. The molecule has 13 heteroatoms. The molecule has 3 heterocycles. The molecule has 0 radical (unpaired) electrons. The highest BCUT2D eigenvalue weighted by Crippen LogP contribution is 2.34. The smallest absolute Gasteiger partial charge is 0.475 e. The van der Waals surface area contributed by atoms with Crippen LogP contribution in [0.2, 0.25) is 0 Å². The number of nitrogens with one attached hydrogen (secondary N) is 1. The standard InChI is InChI=1S/C17H22N4O3S.C2HF3O2/c1-20-12-7-8-13(20)10-11(9-12)18-17(22)16-14-5-3-4-6-15(14)21(19-16)25(2,23)24;3-2(4,5)1(6)7/h3-6,11-13H,7-10H2,1-2H3,(H,18,22);(H,6,7)/t11-,12-,13+;. The largest absolute Gasteiger partial charge is 0.490 e. The SMILES string of the molecule is CN1[C@@H]2CC[C@H]1C[C@H](NC(=O)c1nn(S(C)(=O)=O)c3ccccc13)C2.O=C(O)C(F)(F)F. The van der Waals surface area contributed by atoms with Gasteiger partial charge >= 0.3 is 12.1 Å². The van der Waals surface area contributed by atoms with Crippen molar-refractivity contribution in [3.63, 3.8) is 0 Å². The third-order valence-corrected chi connectivity index (χ3v) is 6.67. The first-order valence-corrected chi connectivity index (χ1v) is 11.6. The van der Waals surface area contributed by atoms with Gasteiger partial charge in [-0.1, -0.05) is 18.2 Å². The number of benzene rings is 1. The lowest BCUT2D eigenvalue weighted by atomic mass is 9.98. The van der Waals surface area contributed by atoms with Gasteiger partial charge in [0.25, 0.3) is 15.9 Å². The fourth-order valence-electron chi connectivity index (χ4n) is 4.24. The molecule has 1 aromatic carbocycles. The lowest BCUT2D eigenvalue weighted by Crippen LogP contribution is -2.48. The number of amides is 1. The average molecular weight is 476 g/mol. The number of nitrogens with zero attached hydrogens (tertiary/aromatic N) is 3. The topological polar surface area (TPSA) is 122 Å². The maximum Gasteiger partial charge on any atom is 0.490 e. The molecular weight excluding hydrogens is 453 g/mol. The van der Waals surface area contributed by atoms with Gasteiger partial charge in [-0.25, -0.2) is 13.2 Å². The van der Waals surface area contributed by atoms with Crippen LogP contribution in [0, 0.1) is 0 Å². The maximum atomic E-state index is 12.8. The Balaban J connectivity index is 0.000000360. The predicted molar refractivity (Wildman–Crippen MR) is 109 cm³/mol. The summed E-state index contributed by atoms with van der Waals surface area (Å²) in [7, 11) is -1.42. The number of hydrogen-bond donors (Lipinski definition) is 2. The van der Waals surface area contributed by atoms with Crippen molar-refractivity contribution in [3.05, 3.63) is 30.0 Å². The van der Waals surface area contributed by atoms with Gasteiger partial charge in [-0.15, -0.1) is 0 Å². The molecule has 4 rings (SSSR count). The molecular formula is C19H23F3N4O5S. The number of carboxylic acids is 1. The molecule has 9 nitrogen and oxygen atoms in total. The Morgan fingerprint density at radius 2 is 1.69 bits per heavy atom. The number of alkyl halides is 3. The second kappa shape index (κ2) is 8.70. The average Bonchev–Trinajstić information content (AvgIpc) is 3.15. The zero-order chi connectivity index (χ0) is 23.8. The van der Waals surface area contributed by atoms with Crippen molar-refractivity contribution in [1.82, 2.24) is 19.4 Å². The number of carbonyl (C=O) groups excluding carboxylic acids is 1. The number of carboxylic acid groups (broad SMARTS) is 1. The molecule has 2 saturated heterocycles. The molecule has 1 aromatic heterocycles. The third kappa shape index (κ3) is 5.04. The number of aliphatic carboxylic acids is 1. The second-order valence-electron chi connectivity index (χ2n) is 7.97. The van der Waals surface area contributed by atoms with E-state index in [1.165, 1.54) is 12.8 Å². The summed E-state index contributed by atoms with van der Waals surface area (Å²) >= 11 is 0. The van der Waals surface area contributed by atoms with E-state index in [1.807, 2.05) is 0 Å². The van der Waals surface area contributed by atoms with Gasteiger partial charge in [-0.05, 0) is 38.8 Å². The van der Waals surface area contributed by atoms with Gasteiger partial charge in [-0.3, -0.25) is 4.79 Å². The number of aromatic nitrogens is 2. The molecule has 1 amide bonds. The van der Waals surface area contributed by atoms with Gasteiger partial charge in [0.1, 0.15) is 0 Å². The number of rotatable bonds is 3. The van der Waals surface area contributed by atoms with E-state index >= 15 is 0 Å². The number of para-hydroxylation sites is 1. The summed E-state index contributed by atoms with van der Waals surface area (Å²) < 4.78 is 56.6. The van der Waals surface area contributed by atoms with E-state index in [4.69, 9.17) is 9.90 Å². The summed E-state index contributed by atoms with van der Waals surface area (Å²) in [6.45, 7) is 0. The minimum Gasteiger partial charge on any atom is -0.475 e. The van der Waals surface area contributed by atoms with Crippen LogP contribution >= 0.6 is 0 Å². The van der Waals surface area contributed by atoms with Gasteiger partial charge < -0.3 is 15.3 Å². The van der Waals surface area contributed by atoms with Gasteiger partial charge in [0.2, 0.25) is 0 Å². The molecule has 2 aromatic rings. The molecule has 2 N–H and O–H groups in total. The van der Waals surface area contributed by atoms with Gasteiger partial charge in [0.15, 0.2) is 5.69 Å². The number of piperidine rings is 1. The normalized spacial score (nSPS) is 23.5. The highest BCUT2D eigenvalue weighted by molar-refractivity contribution is 7.89. The van der Waals surface area contributed by atoms with Crippen molar-refractivity contribution >= 4 is 32.8 Å². The second-order valence-corrected chi connectivity index (χ2v) is 9.78. The molecule has 0 saturated carbocycles. The maximum absolute atomic E-state index is 12.8. The van der Waals surface area contributed by atoms with Crippen LogP contribution in [0.4, 0.5) is 13.2 Å². The molecule has 0 unspecified atom stereocenters. The summed E-state index contributed by atoms with van der Waals surface area (Å²) in [5.41, 5.74) is 0.603. The van der Waals surface area contributed by atoms with Gasteiger partial charge in [-0.2, -0.15) is 22.4 Å². The Labute approximate surface area is 182 Å². The highest BCUT2D eigenvalue weighted by Gasteiger charge is 2.39. The van der Waals surface area contributed by atoms with E-state index in [2.05, 4.69) is 22.4 Å². The quantitative estimate of drug-likeness (QED) is 0.693. The fourth-order valence-corrected chi connectivity index (χ4v) is 4.99. The minimum absolute atomic E-state index is 0.114. The fraction of sp³-hybridized carbons (Fsp3) is 0.526. The lowest BCUT2D eigenvalue weighted by Gasteiger charge is -2.36. The minimum atomic E-state index is -5.08. The first-order valence-electron chi connectivity index (χ1n) is 9.80. The van der Waals surface area contributed by atoms with Gasteiger partial charge in [0, 0.05) is 23.5 Å². The van der Waals surface area contributed by atoms with Crippen molar-refractivity contribution in [2.75, 3.05) is 13.3 Å². The van der Waals surface area contributed by atoms with Crippen LogP contribution < -0.4 is 5.32 Å². The van der Waals surface area contributed by atoms with Crippen molar-refractivity contribution in [2.45, 2.75) is 50.0 Å². The Bertz CT molecular complexity index is 1120. The van der Waals surface area contributed by atoms with Crippen LogP contribution in [0.15, 0.2) is 24.3 Å².